The summed E-state index contributed by atoms with van der Waals surface area (Å²) in [4.78, 5) is 19.8. The van der Waals surface area contributed by atoms with E-state index < -0.39 is 12.5 Å². The zero-order valence-corrected chi connectivity index (χ0v) is 22.5. The molecule has 4 heterocycles. The number of nitrogens with one attached hydrogen (secondary N) is 1. The third kappa shape index (κ3) is 5.71. The summed E-state index contributed by atoms with van der Waals surface area (Å²) in [6.45, 7) is 2.51. The highest BCUT2D eigenvalue weighted by atomic mass is 19.3. The number of imidazole rings is 1. The van der Waals surface area contributed by atoms with Crippen LogP contribution in [-0.4, -0.2) is 79.4 Å². The highest BCUT2D eigenvalue weighted by molar-refractivity contribution is 6.01. The van der Waals surface area contributed by atoms with E-state index in [1.54, 1.807) is 12.3 Å². The van der Waals surface area contributed by atoms with Crippen molar-refractivity contribution < 1.29 is 32.5 Å². The van der Waals surface area contributed by atoms with Gasteiger partial charge in [0.25, 0.3) is 5.91 Å². The van der Waals surface area contributed by atoms with Crippen molar-refractivity contribution in [1.29, 1.82) is 0 Å². The van der Waals surface area contributed by atoms with Crippen molar-refractivity contribution in [2.75, 3.05) is 46.6 Å². The minimum Gasteiger partial charge on any atom is -0.496 e. The zero-order valence-electron chi connectivity index (χ0n) is 22.5. The summed E-state index contributed by atoms with van der Waals surface area (Å²) in [5, 5.41) is 2.81. The first-order chi connectivity index (χ1) is 19.4. The van der Waals surface area contributed by atoms with Crippen LogP contribution in [-0.2, 0) is 4.74 Å². The van der Waals surface area contributed by atoms with E-state index in [1.165, 1.54) is 26.0 Å². The average Bonchev–Trinajstić information content (AvgIpc) is 3.64. The van der Waals surface area contributed by atoms with Gasteiger partial charge in [0.15, 0.2) is 0 Å². The molecular weight excluding hydrogens is 522 g/mol. The summed E-state index contributed by atoms with van der Waals surface area (Å²) in [6, 6.07) is 6.80. The van der Waals surface area contributed by atoms with Crippen molar-refractivity contribution in [2.45, 2.75) is 44.8 Å². The Bertz CT molecular complexity index is 1370. The number of aromatic nitrogens is 2. The summed E-state index contributed by atoms with van der Waals surface area (Å²) in [6.07, 6.45) is 8.60. The second kappa shape index (κ2) is 11.2. The van der Waals surface area contributed by atoms with E-state index >= 15 is 0 Å². The van der Waals surface area contributed by atoms with E-state index in [0.717, 1.165) is 52.1 Å². The Morgan fingerprint density at radius 1 is 1.25 bits per heavy atom. The molecule has 3 fully saturated rings. The van der Waals surface area contributed by atoms with Gasteiger partial charge < -0.3 is 29.2 Å². The number of hydrogen-bond donors (Lipinski definition) is 1. The number of fused-ring (bicyclic) bond motifs is 1. The van der Waals surface area contributed by atoms with Crippen LogP contribution in [0, 0.1) is 5.41 Å². The van der Waals surface area contributed by atoms with Crippen LogP contribution < -0.4 is 19.5 Å². The number of benzene rings is 1. The molecule has 9 nitrogen and oxygen atoms in total. The molecule has 6 rings (SSSR count). The molecule has 1 aromatic carbocycles. The summed E-state index contributed by atoms with van der Waals surface area (Å²) < 4.78 is 50.1. The number of rotatable bonds is 11. The van der Waals surface area contributed by atoms with Crippen LogP contribution in [0.1, 0.15) is 42.5 Å². The van der Waals surface area contributed by atoms with Crippen molar-refractivity contribution in [3.63, 3.8) is 0 Å². The summed E-state index contributed by atoms with van der Waals surface area (Å²) in [7, 11) is 1.39. The number of hydrogen-bond acceptors (Lipinski definition) is 7. The molecule has 1 N–H and O–H groups in total. The van der Waals surface area contributed by atoms with Crippen LogP contribution in [0.2, 0.25) is 0 Å². The maximum absolute atomic E-state index is 13.3. The first kappa shape index (κ1) is 26.8. The van der Waals surface area contributed by atoms with Crippen molar-refractivity contribution in [3.8, 4) is 28.5 Å². The van der Waals surface area contributed by atoms with Gasteiger partial charge in [0.05, 0.1) is 38.8 Å². The van der Waals surface area contributed by atoms with Crippen LogP contribution in [0.15, 0.2) is 36.7 Å². The number of likely N-dealkylation sites (tertiary alicyclic amines) is 1. The Kier molecular flexibility index (Phi) is 7.50. The molecule has 214 valence electrons. The predicted molar refractivity (Wildman–Crippen MR) is 143 cm³/mol. The minimum atomic E-state index is -3.10. The fourth-order valence-corrected chi connectivity index (χ4v) is 5.67. The van der Waals surface area contributed by atoms with E-state index in [9.17, 15) is 13.6 Å². The Morgan fingerprint density at radius 2 is 2.08 bits per heavy atom. The first-order valence-corrected chi connectivity index (χ1v) is 13.8. The highest BCUT2D eigenvalue weighted by Crippen LogP contribution is 2.38. The highest BCUT2D eigenvalue weighted by Gasteiger charge is 2.41. The second-order valence-corrected chi connectivity index (χ2v) is 11.0. The van der Waals surface area contributed by atoms with Crippen molar-refractivity contribution in [3.05, 3.63) is 42.2 Å². The van der Waals surface area contributed by atoms with E-state index in [1.807, 2.05) is 22.7 Å². The molecule has 1 aliphatic carbocycles. The number of carbonyl (C=O) groups is 1. The van der Waals surface area contributed by atoms with Gasteiger partial charge in [0.1, 0.15) is 28.5 Å². The van der Waals surface area contributed by atoms with E-state index in [-0.39, 0.29) is 23.1 Å². The van der Waals surface area contributed by atoms with Crippen LogP contribution in [0.5, 0.6) is 17.2 Å². The molecule has 1 spiro atoms. The molecule has 1 saturated carbocycles. The van der Waals surface area contributed by atoms with Gasteiger partial charge in [-0.15, -0.1) is 0 Å². The number of methoxy groups -OCH3 is 1. The fraction of sp³-hybridized carbons (Fsp3) is 0.517. The molecule has 11 heteroatoms. The molecule has 3 aliphatic rings. The standard InChI is InChI=1S/C29H34F2N4O5/c1-37-23-12-19(13-24(40-28(30)31)26(23)27(36)33-20-4-5-20)22-15-32-25-14-21(6-10-35(22)25)39-11-3-9-34-8-2-7-29(16-34)17-38-18-29/h6,10,12-15,20,28H,2-5,7-9,11,16-18H2,1H3,(H,33,36). The van der Waals surface area contributed by atoms with Crippen molar-refractivity contribution in [1.82, 2.24) is 19.6 Å². The van der Waals surface area contributed by atoms with Gasteiger partial charge >= 0.3 is 6.61 Å². The smallest absolute Gasteiger partial charge is 0.387 e. The number of amides is 1. The Hall–Kier alpha value is -3.44. The largest absolute Gasteiger partial charge is 0.496 e. The Morgan fingerprint density at radius 3 is 2.80 bits per heavy atom. The molecule has 0 bridgehead atoms. The monoisotopic (exact) mass is 556 g/mol. The maximum Gasteiger partial charge on any atom is 0.387 e. The molecule has 3 aromatic rings. The second-order valence-electron chi connectivity index (χ2n) is 11.0. The van der Waals surface area contributed by atoms with Crippen LogP contribution in [0.25, 0.3) is 16.9 Å². The lowest BCUT2D eigenvalue weighted by atomic mass is 9.78. The van der Waals surface area contributed by atoms with E-state index in [0.29, 0.717) is 34.7 Å². The van der Waals surface area contributed by atoms with Crippen LogP contribution in [0.4, 0.5) is 8.78 Å². The average molecular weight is 557 g/mol. The SMILES string of the molecule is COc1cc(-c2cnc3cc(OCCCN4CCCC5(COC5)C4)ccn23)cc(OC(F)F)c1C(=O)NC1CC1. The number of piperidine rings is 1. The Labute approximate surface area is 231 Å². The van der Waals surface area contributed by atoms with Crippen LogP contribution >= 0.6 is 0 Å². The summed E-state index contributed by atoms with van der Waals surface area (Å²) in [5.74, 6) is 0.101. The molecule has 0 atom stereocenters. The number of ether oxygens (including phenoxy) is 4. The number of pyridine rings is 1. The van der Waals surface area contributed by atoms with Gasteiger partial charge in [-0.3, -0.25) is 9.20 Å². The molecule has 2 aliphatic heterocycles. The minimum absolute atomic E-state index is 0.0470. The number of nitrogens with zero attached hydrogens (tertiary/aromatic N) is 3. The van der Waals surface area contributed by atoms with Gasteiger partial charge in [-0.1, -0.05) is 0 Å². The molecule has 40 heavy (non-hydrogen) atoms. The third-order valence-corrected chi connectivity index (χ3v) is 7.87. The Balaban J connectivity index is 1.15. The molecule has 2 saturated heterocycles. The van der Waals surface area contributed by atoms with Gasteiger partial charge in [-0.2, -0.15) is 8.78 Å². The number of alkyl halides is 2. The van der Waals surface area contributed by atoms with E-state index in [4.69, 9.17) is 18.9 Å². The quantitative estimate of drug-likeness (QED) is 0.351. The van der Waals surface area contributed by atoms with Gasteiger partial charge in [0.2, 0.25) is 0 Å². The molecule has 2 aromatic heterocycles. The summed E-state index contributed by atoms with van der Waals surface area (Å²) >= 11 is 0. The predicted octanol–water partition coefficient (Wildman–Crippen LogP) is 4.38. The molecular formula is C29H34F2N4O5. The van der Waals surface area contributed by atoms with Crippen molar-refractivity contribution >= 4 is 11.6 Å². The molecule has 0 radical (unpaired) electrons. The normalized spacial score (nSPS) is 18.6. The maximum atomic E-state index is 13.3. The van der Waals surface area contributed by atoms with Gasteiger partial charge in [-0.05, 0) is 56.8 Å². The molecule has 0 unspecified atom stereocenters. The first-order valence-electron chi connectivity index (χ1n) is 13.8. The fourth-order valence-electron chi connectivity index (χ4n) is 5.67. The molecule has 1 amide bonds. The zero-order chi connectivity index (χ0) is 27.7. The lowest BCUT2D eigenvalue weighted by Crippen LogP contribution is -2.54. The van der Waals surface area contributed by atoms with Crippen LogP contribution in [0.3, 0.4) is 0 Å². The van der Waals surface area contributed by atoms with E-state index in [2.05, 4.69) is 15.2 Å². The number of halogens is 2. The lowest BCUT2D eigenvalue weighted by Gasteiger charge is -2.48. The lowest BCUT2D eigenvalue weighted by molar-refractivity contribution is -0.144. The third-order valence-electron chi connectivity index (χ3n) is 7.87. The van der Waals surface area contributed by atoms with Crippen molar-refractivity contribution in [2.24, 2.45) is 5.41 Å². The van der Waals surface area contributed by atoms with Gasteiger partial charge in [0, 0.05) is 42.4 Å². The topological polar surface area (TPSA) is 86.6 Å². The number of carbonyl (C=O) groups excluding carboxylic acids is 1. The summed E-state index contributed by atoms with van der Waals surface area (Å²) in [5.41, 5.74) is 2.12. The van der Waals surface area contributed by atoms with Gasteiger partial charge in [-0.25, -0.2) is 4.98 Å².